The number of halogens is 1. The van der Waals surface area contributed by atoms with E-state index in [1.165, 1.54) is 49.7 Å². The van der Waals surface area contributed by atoms with Gasteiger partial charge in [-0.1, -0.05) is 6.07 Å². The third-order valence-corrected chi connectivity index (χ3v) is 3.66. The number of methoxy groups -OCH3 is 1. The van der Waals surface area contributed by atoms with Gasteiger partial charge in [-0.3, -0.25) is 9.59 Å². The Morgan fingerprint density at radius 1 is 1.04 bits per heavy atom. The number of aromatic nitrogens is 2. The van der Waals surface area contributed by atoms with Gasteiger partial charge in [0.25, 0.3) is 11.8 Å². The number of rotatable bonds is 4. The zero-order valence-electron chi connectivity index (χ0n) is 14.2. The SMILES string of the molecule is COC(=O)c1cccc(NC(=O)c2ccn(C(=O)c3ccc(F)cc3)n2)c1. The van der Waals surface area contributed by atoms with E-state index in [1.54, 1.807) is 18.2 Å². The number of hydrogen-bond acceptors (Lipinski definition) is 5. The van der Waals surface area contributed by atoms with Crippen LogP contribution in [0.2, 0.25) is 0 Å². The van der Waals surface area contributed by atoms with Gasteiger partial charge in [0.05, 0.1) is 12.7 Å². The number of nitrogens with zero attached hydrogens (tertiary/aromatic N) is 2. The Kier molecular flexibility index (Phi) is 5.07. The summed E-state index contributed by atoms with van der Waals surface area (Å²) < 4.78 is 18.6. The van der Waals surface area contributed by atoms with E-state index in [4.69, 9.17) is 0 Å². The van der Waals surface area contributed by atoms with E-state index in [-0.39, 0.29) is 16.8 Å². The van der Waals surface area contributed by atoms with Gasteiger partial charge in [-0.2, -0.15) is 5.10 Å². The van der Waals surface area contributed by atoms with Crippen LogP contribution in [0.25, 0.3) is 0 Å². The predicted molar refractivity (Wildman–Crippen MR) is 94.1 cm³/mol. The van der Waals surface area contributed by atoms with Crippen LogP contribution >= 0.6 is 0 Å². The molecule has 0 bridgehead atoms. The Bertz CT molecular complexity index is 1010. The average molecular weight is 367 g/mol. The summed E-state index contributed by atoms with van der Waals surface area (Å²) in [5.41, 5.74) is 0.904. The second-order valence-electron chi connectivity index (χ2n) is 5.48. The molecule has 0 saturated heterocycles. The summed E-state index contributed by atoms with van der Waals surface area (Å²) in [6.07, 6.45) is 1.34. The Balaban J connectivity index is 1.74. The molecule has 8 heteroatoms. The van der Waals surface area contributed by atoms with Crippen LogP contribution in [0, 0.1) is 5.82 Å². The van der Waals surface area contributed by atoms with Crippen molar-refractivity contribution in [1.29, 1.82) is 0 Å². The van der Waals surface area contributed by atoms with Crippen LogP contribution in [-0.4, -0.2) is 34.7 Å². The number of esters is 1. The minimum atomic E-state index is -0.553. The summed E-state index contributed by atoms with van der Waals surface area (Å²) in [4.78, 5) is 36.2. The van der Waals surface area contributed by atoms with Gasteiger partial charge in [0.1, 0.15) is 5.82 Å². The fourth-order valence-corrected chi connectivity index (χ4v) is 2.32. The average Bonchev–Trinajstić information content (AvgIpc) is 3.18. The number of benzene rings is 2. The van der Waals surface area contributed by atoms with Gasteiger partial charge >= 0.3 is 5.97 Å². The quantitative estimate of drug-likeness (QED) is 0.716. The molecule has 3 rings (SSSR count). The van der Waals surface area contributed by atoms with Gasteiger partial charge in [-0.25, -0.2) is 13.9 Å². The molecule has 1 heterocycles. The van der Waals surface area contributed by atoms with Crippen LogP contribution in [-0.2, 0) is 4.74 Å². The van der Waals surface area contributed by atoms with Crippen LogP contribution in [0.5, 0.6) is 0 Å². The molecule has 7 nitrogen and oxygen atoms in total. The second-order valence-corrected chi connectivity index (χ2v) is 5.48. The molecule has 2 aromatic carbocycles. The summed E-state index contributed by atoms with van der Waals surface area (Å²) in [6, 6.07) is 12.6. The van der Waals surface area contributed by atoms with Crippen LogP contribution in [0.3, 0.4) is 0 Å². The summed E-state index contributed by atoms with van der Waals surface area (Å²) in [6.45, 7) is 0. The van der Waals surface area contributed by atoms with Crippen LogP contribution in [0.4, 0.5) is 10.1 Å². The molecule has 0 radical (unpaired) electrons. The Hall–Kier alpha value is -3.81. The molecule has 0 spiro atoms. The lowest BCUT2D eigenvalue weighted by Crippen LogP contribution is -2.17. The van der Waals surface area contributed by atoms with Gasteiger partial charge < -0.3 is 10.1 Å². The predicted octanol–water partition coefficient (Wildman–Crippen LogP) is 2.75. The molecule has 0 fully saturated rings. The highest BCUT2D eigenvalue weighted by Crippen LogP contribution is 2.13. The van der Waals surface area contributed by atoms with E-state index in [1.807, 2.05) is 0 Å². The van der Waals surface area contributed by atoms with Crippen molar-refractivity contribution in [3.63, 3.8) is 0 Å². The Morgan fingerprint density at radius 3 is 2.48 bits per heavy atom. The van der Waals surface area contributed by atoms with Crippen molar-refractivity contribution in [2.75, 3.05) is 12.4 Å². The highest BCUT2D eigenvalue weighted by molar-refractivity contribution is 6.04. The largest absolute Gasteiger partial charge is 0.465 e. The first-order valence-corrected chi connectivity index (χ1v) is 7.83. The van der Waals surface area contributed by atoms with Crippen molar-refractivity contribution in [3.8, 4) is 0 Å². The van der Waals surface area contributed by atoms with Gasteiger partial charge in [-0.15, -0.1) is 0 Å². The summed E-state index contributed by atoms with van der Waals surface area (Å²) >= 11 is 0. The lowest BCUT2D eigenvalue weighted by atomic mass is 10.2. The summed E-state index contributed by atoms with van der Waals surface area (Å²) in [7, 11) is 1.26. The van der Waals surface area contributed by atoms with Crippen molar-refractivity contribution < 1.29 is 23.5 Å². The van der Waals surface area contributed by atoms with E-state index in [0.29, 0.717) is 5.69 Å². The van der Waals surface area contributed by atoms with E-state index >= 15 is 0 Å². The maximum Gasteiger partial charge on any atom is 0.337 e. The van der Waals surface area contributed by atoms with E-state index in [0.717, 1.165) is 4.68 Å². The van der Waals surface area contributed by atoms with Crippen LogP contribution < -0.4 is 5.32 Å². The number of nitrogens with one attached hydrogen (secondary N) is 1. The van der Waals surface area contributed by atoms with Crippen molar-refractivity contribution in [2.24, 2.45) is 0 Å². The molecule has 1 amide bonds. The molecule has 0 unspecified atom stereocenters. The van der Waals surface area contributed by atoms with E-state index < -0.39 is 23.6 Å². The first kappa shape index (κ1) is 18.0. The summed E-state index contributed by atoms with van der Waals surface area (Å²) in [5.74, 6) is -2.04. The minimum absolute atomic E-state index is 0.00827. The smallest absolute Gasteiger partial charge is 0.337 e. The lowest BCUT2D eigenvalue weighted by Gasteiger charge is -2.05. The molecule has 0 saturated carbocycles. The second kappa shape index (κ2) is 7.61. The van der Waals surface area contributed by atoms with Gasteiger partial charge in [-0.05, 0) is 48.5 Å². The third-order valence-electron chi connectivity index (χ3n) is 3.66. The molecule has 0 aliphatic carbocycles. The number of carbonyl (C=O) groups is 3. The lowest BCUT2D eigenvalue weighted by molar-refractivity contribution is 0.0600. The van der Waals surface area contributed by atoms with Crippen molar-refractivity contribution in [3.05, 3.63) is 83.4 Å². The van der Waals surface area contributed by atoms with Crippen molar-refractivity contribution >= 4 is 23.5 Å². The first-order valence-electron chi connectivity index (χ1n) is 7.83. The summed E-state index contributed by atoms with van der Waals surface area (Å²) in [5, 5.41) is 6.54. The fraction of sp³-hybridized carbons (Fsp3) is 0.0526. The normalized spacial score (nSPS) is 10.3. The van der Waals surface area contributed by atoms with Crippen LogP contribution in [0.15, 0.2) is 60.8 Å². The third kappa shape index (κ3) is 4.06. The zero-order chi connectivity index (χ0) is 19.4. The molecule has 0 aliphatic rings. The molecule has 0 aliphatic heterocycles. The van der Waals surface area contributed by atoms with Gasteiger partial charge in [0.15, 0.2) is 5.69 Å². The molecular weight excluding hydrogens is 353 g/mol. The topological polar surface area (TPSA) is 90.3 Å². The molecule has 1 N–H and O–H groups in total. The molecule has 27 heavy (non-hydrogen) atoms. The number of anilines is 1. The zero-order valence-corrected chi connectivity index (χ0v) is 14.2. The maximum atomic E-state index is 13.0. The fourth-order valence-electron chi connectivity index (χ4n) is 2.32. The number of amides is 1. The molecule has 1 aromatic heterocycles. The van der Waals surface area contributed by atoms with Crippen molar-refractivity contribution in [1.82, 2.24) is 9.78 Å². The highest BCUT2D eigenvalue weighted by atomic mass is 19.1. The standard InChI is InChI=1S/C19H14FN3O4/c1-27-19(26)13-3-2-4-15(11-13)21-17(24)16-9-10-23(22-16)18(25)12-5-7-14(20)8-6-12/h2-11H,1H3,(H,21,24). The molecular formula is C19H14FN3O4. The Morgan fingerprint density at radius 2 is 1.78 bits per heavy atom. The number of ether oxygens (including phenoxy) is 1. The number of hydrogen-bond donors (Lipinski definition) is 1. The van der Waals surface area contributed by atoms with Crippen LogP contribution in [0.1, 0.15) is 31.2 Å². The van der Waals surface area contributed by atoms with Gasteiger partial charge in [0.2, 0.25) is 0 Å². The number of carbonyl (C=O) groups excluding carboxylic acids is 3. The minimum Gasteiger partial charge on any atom is -0.465 e. The van der Waals surface area contributed by atoms with Crippen molar-refractivity contribution in [2.45, 2.75) is 0 Å². The van der Waals surface area contributed by atoms with Gasteiger partial charge in [0, 0.05) is 17.4 Å². The Labute approximate surface area is 153 Å². The monoisotopic (exact) mass is 367 g/mol. The molecule has 3 aromatic rings. The highest BCUT2D eigenvalue weighted by Gasteiger charge is 2.15. The molecule has 136 valence electrons. The maximum absolute atomic E-state index is 13.0. The van der Waals surface area contributed by atoms with E-state index in [9.17, 15) is 18.8 Å². The first-order chi connectivity index (χ1) is 13.0. The molecule has 0 atom stereocenters. The van der Waals surface area contributed by atoms with E-state index in [2.05, 4.69) is 15.2 Å².